The van der Waals surface area contributed by atoms with Gasteiger partial charge in [-0.25, -0.2) is 0 Å². The molecule has 4 aromatic heterocycles. The summed E-state index contributed by atoms with van der Waals surface area (Å²) in [4.78, 5) is 5.22. The van der Waals surface area contributed by atoms with Crippen LogP contribution >= 0.6 is 22.7 Å². The smallest absolute Gasteiger partial charge is 0.256 e. The normalized spacial score (nSPS) is 13.2. The molecule has 370 valence electrons. The highest BCUT2D eigenvalue weighted by Crippen LogP contribution is 2.54. The summed E-state index contributed by atoms with van der Waals surface area (Å²) in [6.07, 6.45) is 0. The maximum atomic E-state index is 6.58. The largest absolute Gasteiger partial charge is 0.456 e. The van der Waals surface area contributed by atoms with Crippen LogP contribution in [0.2, 0.25) is 0 Å². The van der Waals surface area contributed by atoms with Crippen LogP contribution in [-0.2, 0) is 10.8 Å². The molecular weight excluding hydrogens is 976 g/mol. The first-order valence-corrected chi connectivity index (χ1v) is 28.3. The summed E-state index contributed by atoms with van der Waals surface area (Å²) in [6, 6.07) is 78.2. The second-order valence-corrected chi connectivity index (χ2v) is 24.9. The van der Waals surface area contributed by atoms with E-state index in [0.29, 0.717) is 0 Å². The summed E-state index contributed by atoms with van der Waals surface area (Å²) in [5.74, 6) is 1.70. The Kier molecular flexibility index (Phi) is 10.2. The first kappa shape index (κ1) is 46.0. The Morgan fingerprint density at radius 1 is 0.364 bits per heavy atom. The standard InChI is InChI=1S/C70H53BN2O2S2/c1-69(2,3)48-30-34-62-52(40-48)64-67(76-62)72(54-32-28-46(36-50(54)42-18-9-7-10-19-42)60-38-44-22-13-15-26-58(44)74-60)56-24-17-25-57-66(56)71(64)65-53-41-49(70(4,5)6)31-35-63(53)77-68(65)73(57)55-33-29-47(37-51(55)43-20-11-8-12-21-43)61-39-45-23-14-16-27-59(45)75-61/h7-41H,1-6H3. The minimum Gasteiger partial charge on any atom is -0.456 e. The molecule has 4 nitrogen and oxygen atoms in total. The molecule has 0 N–H and O–H groups in total. The van der Waals surface area contributed by atoms with Gasteiger partial charge >= 0.3 is 0 Å². The third-order valence-electron chi connectivity index (χ3n) is 16.0. The van der Waals surface area contributed by atoms with E-state index in [2.05, 4.69) is 252 Å². The lowest BCUT2D eigenvalue weighted by Gasteiger charge is -2.42. The van der Waals surface area contributed by atoms with Crippen molar-refractivity contribution in [3.8, 4) is 44.9 Å². The van der Waals surface area contributed by atoms with Crippen LogP contribution in [0.5, 0.6) is 0 Å². The van der Waals surface area contributed by atoms with E-state index in [0.717, 1.165) is 78.2 Å². The van der Waals surface area contributed by atoms with Crippen molar-refractivity contribution in [2.24, 2.45) is 0 Å². The number of furan rings is 2. The summed E-state index contributed by atoms with van der Waals surface area (Å²) >= 11 is 3.84. The second kappa shape index (κ2) is 17.1. The third kappa shape index (κ3) is 7.31. The predicted octanol–water partition coefficient (Wildman–Crippen LogP) is 19.0. The molecule has 0 radical (unpaired) electrons. The number of fused-ring (bicyclic) bond motifs is 10. The molecule has 13 aromatic rings. The number of anilines is 6. The molecule has 2 aliphatic heterocycles. The quantitative estimate of drug-likeness (QED) is 0.155. The molecule has 0 aliphatic carbocycles. The third-order valence-corrected chi connectivity index (χ3v) is 18.4. The summed E-state index contributed by atoms with van der Waals surface area (Å²) in [7, 11) is 0. The Labute approximate surface area is 457 Å². The molecule has 0 bridgehead atoms. The first-order valence-electron chi connectivity index (χ1n) is 26.7. The van der Waals surface area contributed by atoms with Crippen LogP contribution in [0, 0.1) is 0 Å². The molecule has 15 rings (SSSR count). The number of hydrogen-bond acceptors (Lipinski definition) is 6. The molecule has 77 heavy (non-hydrogen) atoms. The van der Waals surface area contributed by atoms with Gasteiger partial charge in [0, 0.05) is 53.8 Å². The highest BCUT2D eigenvalue weighted by molar-refractivity contribution is 7.29. The fraction of sp³-hybridized carbons (Fsp3) is 0.114. The van der Waals surface area contributed by atoms with Crippen molar-refractivity contribution in [3.63, 3.8) is 0 Å². The molecule has 2 aliphatic rings. The van der Waals surface area contributed by atoms with Gasteiger partial charge in [-0.05, 0) is 145 Å². The van der Waals surface area contributed by atoms with Gasteiger partial charge < -0.3 is 18.6 Å². The van der Waals surface area contributed by atoms with E-state index < -0.39 is 0 Å². The van der Waals surface area contributed by atoms with Crippen LogP contribution in [0.15, 0.2) is 221 Å². The Balaban J connectivity index is 1.04. The van der Waals surface area contributed by atoms with Crippen molar-refractivity contribution < 1.29 is 8.83 Å². The molecule has 6 heterocycles. The fourth-order valence-corrected chi connectivity index (χ4v) is 14.6. The van der Waals surface area contributed by atoms with Crippen molar-refractivity contribution in [2.75, 3.05) is 9.80 Å². The molecule has 0 spiro atoms. The molecule has 0 amide bonds. The number of thiophene rings is 2. The minimum absolute atomic E-state index is 0.0546. The lowest BCUT2D eigenvalue weighted by atomic mass is 9.33. The lowest BCUT2D eigenvalue weighted by molar-refractivity contribution is 0.591. The zero-order chi connectivity index (χ0) is 51.9. The second-order valence-electron chi connectivity index (χ2n) is 22.9. The minimum atomic E-state index is -0.0726. The first-order chi connectivity index (χ1) is 37.4. The van der Waals surface area contributed by atoms with Gasteiger partial charge in [-0.3, -0.25) is 0 Å². The van der Waals surface area contributed by atoms with Crippen molar-refractivity contribution in [1.82, 2.24) is 0 Å². The van der Waals surface area contributed by atoms with Crippen molar-refractivity contribution in [1.29, 1.82) is 0 Å². The van der Waals surface area contributed by atoms with Crippen molar-refractivity contribution in [3.05, 3.63) is 223 Å². The van der Waals surface area contributed by atoms with Gasteiger partial charge in [0.1, 0.15) is 22.7 Å². The monoisotopic (exact) mass is 1030 g/mol. The van der Waals surface area contributed by atoms with Gasteiger partial charge in [-0.15, -0.1) is 22.7 Å². The highest BCUT2D eigenvalue weighted by atomic mass is 32.1. The van der Waals surface area contributed by atoms with E-state index in [9.17, 15) is 0 Å². The molecule has 0 unspecified atom stereocenters. The van der Waals surface area contributed by atoms with Crippen LogP contribution in [0.1, 0.15) is 52.7 Å². The lowest BCUT2D eigenvalue weighted by Crippen LogP contribution is -2.60. The van der Waals surface area contributed by atoms with Crippen LogP contribution in [0.3, 0.4) is 0 Å². The van der Waals surface area contributed by atoms with Crippen LogP contribution in [0.4, 0.5) is 32.8 Å². The Bertz CT molecular complexity index is 4160. The molecule has 0 fully saturated rings. The number of rotatable bonds is 6. The zero-order valence-corrected chi connectivity index (χ0v) is 45.4. The number of hydrogen-bond donors (Lipinski definition) is 0. The Hall–Kier alpha value is -8.36. The van der Waals surface area contributed by atoms with Gasteiger partial charge in [-0.2, -0.15) is 0 Å². The number of benzene rings is 9. The number of nitrogens with zero attached hydrogens (tertiary/aromatic N) is 2. The zero-order valence-electron chi connectivity index (χ0n) is 43.8. The van der Waals surface area contributed by atoms with Crippen molar-refractivity contribution in [2.45, 2.75) is 52.4 Å². The van der Waals surface area contributed by atoms with Gasteiger partial charge in [-0.1, -0.05) is 169 Å². The summed E-state index contributed by atoms with van der Waals surface area (Å²) in [6.45, 7) is 13.9. The predicted molar refractivity (Wildman–Crippen MR) is 330 cm³/mol. The van der Waals surface area contributed by atoms with E-state index in [1.54, 1.807) is 0 Å². The molecule has 0 atom stereocenters. The van der Waals surface area contributed by atoms with Crippen LogP contribution < -0.4 is 26.2 Å². The SMILES string of the molecule is CC(C)(C)c1ccc2sc3c(c2c1)B1c2c(cccc2N(c2ccc(-c4cc5ccccc5o4)cc2-c2ccccc2)c2sc4ccc(C(C)(C)C)cc4c21)N3c1ccc(-c2cc3ccccc3o2)cc1-c1ccccc1. The van der Waals surface area contributed by atoms with E-state index in [-0.39, 0.29) is 17.5 Å². The van der Waals surface area contributed by atoms with E-state index in [4.69, 9.17) is 8.83 Å². The van der Waals surface area contributed by atoms with E-state index in [1.807, 2.05) is 34.8 Å². The van der Waals surface area contributed by atoms with Crippen LogP contribution in [-0.4, -0.2) is 6.71 Å². The maximum absolute atomic E-state index is 6.58. The van der Waals surface area contributed by atoms with Gasteiger partial charge in [0.25, 0.3) is 6.71 Å². The summed E-state index contributed by atoms with van der Waals surface area (Å²) in [5.41, 5.74) is 19.6. The number of para-hydroxylation sites is 2. The summed E-state index contributed by atoms with van der Waals surface area (Å²) in [5, 5.41) is 7.32. The Morgan fingerprint density at radius 3 is 1.22 bits per heavy atom. The highest BCUT2D eigenvalue weighted by Gasteiger charge is 2.48. The van der Waals surface area contributed by atoms with Gasteiger partial charge in [0.05, 0.1) is 21.4 Å². The fourth-order valence-electron chi connectivity index (χ4n) is 12.1. The average Bonchev–Trinajstić information content (AvgIpc) is 4.42. The molecule has 0 saturated heterocycles. The topological polar surface area (TPSA) is 32.8 Å². The van der Waals surface area contributed by atoms with E-state index in [1.165, 1.54) is 69.1 Å². The van der Waals surface area contributed by atoms with Gasteiger partial charge in [0.2, 0.25) is 0 Å². The van der Waals surface area contributed by atoms with E-state index >= 15 is 0 Å². The van der Waals surface area contributed by atoms with Crippen LogP contribution in [0.25, 0.3) is 87.0 Å². The maximum Gasteiger partial charge on any atom is 0.256 e. The van der Waals surface area contributed by atoms with Gasteiger partial charge in [0.15, 0.2) is 0 Å². The molecule has 0 saturated carbocycles. The molecule has 7 heteroatoms. The average molecular weight is 1030 g/mol. The molecular formula is C70H53BN2O2S2. The van der Waals surface area contributed by atoms with Crippen molar-refractivity contribution >= 4 is 121 Å². The Morgan fingerprint density at radius 2 is 0.792 bits per heavy atom. The summed E-state index contributed by atoms with van der Waals surface area (Å²) < 4.78 is 15.7. The molecule has 9 aromatic carbocycles.